The smallest absolute Gasteiger partial charge is 0.254 e. The van der Waals surface area contributed by atoms with Crippen LogP contribution in [0.4, 0.5) is 5.69 Å². The lowest BCUT2D eigenvalue weighted by molar-refractivity contribution is -0.133. The summed E-state index contributed by atoms with van der Waals surface area (Å²) in [6.45, 7) is 0.582. The first-order valence-corrected chi connectivity index (χ1v) is 6.53. The summed E-state index contributed by atoms with van der Waals surface area (Å²) in [7, 11) is 1.76. The molecule has 1 saturated heterocycles. The van der Waals surface area contributed by atoms with E-state index in [1.165, 1.54) is 0 Å². The Morgan fingerprint density at radius 2 is 2.10 bits per heavy atom. The summed E-state index contributed by atoms with van der Waals surface area (Å²) >= 11 is 0. The number of anilines is 1. The molecule has 20 heavy (non-hydrogen) atoms. The summed E-state index contributed by atoms with van der Waals surface area (Å²) in [4.78, 5) is 36.2. The summed E-state index contributed by atoms with van der Waals surface area (Å²) in [6.07, 6.45) is 0.830. The van der Waals surface area contributed by atoms with Crippen LogP contribution in [0.5, 0.6) is 0 Å². The number of amides is 3. The first kappa shape index (κ1) is 12.7. The summed E-state index contributed by atoms with van der Waals surface area (Å²) in [5, 5.41) is 5.43. The Bertz CT molecular complexity index is 612. The molecule has 2 heterocycles. The number of hydrogen-bond acceptors (Lipinski definition) is 4. The fraction of sp³-hybridized carbons (Fsp3) is 0.357. The van der Waals surface area contributed by atoms with Crippen LogP contribution in [0, 0.1) is 0 Å². The second-order valence-electron chi connectivity index (χ2n) is 5.18. The van der Waals surface area contributed by atoms with Gasteiger partial charge in [-0.1, -0.05) is 0 Å². The van der Waals surface area contributed by atoms with Crippen molar-refractivity contribution in [3.8, 4) is 0 Å². The molecule has 104 valence electrons. The molecule has 0 saturated carbocycles. The van der Waals surface area contributed by atoms with Gasteiger partial charge in [-0.15, -0.1) is 0 Å². The zero-order chi connectivity index (χ0) is 14.3. The molecule has 0 aromatic heterocycles. The standard InChI is InChI=1S/C14H15N3O3/c1-17-7-8-6-9(2-3-10(8)14(17)20)15-11-4-5-12(18)16-13(11)19/h2-3,6,11,15H,4-5,7H2,1H3,(H,16,18,19). The molecule has 6 heteroatoms. The van der Waals surface area contributed by atoms with Crippen LogP contribution in [0.15, 0.2) is 18.2 Å². The highest BCUT2D eigenvalue weighted by Crippen LogP contribution is 2.25. The van der Waals surface area contributed by atoms with Crippen molar-refractivity contribution in [2.75, 3.05) is 12.4 Å². The lowest BCUT2D eigenvalue weighted by Crippen LogP contribution is -2.47. The van der Waals surface area contributed by atoms with Crippen molar-refractivity contribution in [3.05, 3.63) is 29.3 Å². The van der Waals surface area contributed by atoms with Crippen molar-refractivity contribution >= 4 is 23.4 Å². The van der Waals surface area contributed by atoms with Crippen molar-refractivity contribution in [2.24, 2.45) is 0 Å². The van der Waals surface area contributed by atoms with E-state index in [2.05, 4.69) is 10.6 Å². The number of carbonyl (C=O) groups excluding carboxylic acids is 3. The van der Waals surface area contributed by atoms with Gasteiger partial charge >= 0.3 is 0 Å². The topological polar surface area (TPSA) is 78.5 Å². The number of hydrogen-bond donors (Lipinski definition) is 2. The number of nitrogens with one attached hydrogen (secondary N) is 2. The van der Waals surface area contributed by atoms with Crippen molar-refractivity contribution in [3.63, 3.8) is 0 Å². The maximum atomic E-state index is 11.8. The number of carbonyl (C=O) groups is 3. The number of fused-ring (bicyclic) bond motifs is 1. The van der Waals surface area contributed by atoms with Gasteiger partial charge in [0, 0.05) is 31.3 Å². The molecule has 1 atom stereocenters. The Balaban J connectivity index is 1.77. The maximum Gasteiger partial charge on any atom is 0.254 e. The Morgan fingerprint density at radius 3 is 2.85 bits per heavy atom. The van der Waals surface area contributed by atoms with Crippen LogP contribution in [0.25, 0.3) is 0 Å². The first-order chi connectivity index (χ1) is 9.54. The SMILES string of the molecule is CN1Cc2cc(NC3CCC(=O)NC3=O)ccc2C1=O. The molecule has 1 unspecified atom stereocenters. The second kappa shape index (κ2) is 4.63. The van der Waals surface area contributed by atoms with E-state index in [4.69, 9.17) is 0 Å². The van der Waals surface area contributed by atoms with Crippen LogP contribution >= 0.6 is 0 Å². The van der Waals surface area contributed by atoms with Crippen LogP contribution in [-0.2, 0) is 16.1 Å². The normalized spacial score (nSPS) is 21.8. The van der Waals surface area contributed by atoms with Gasteiger partial charge < -0.3 is 10.2 Å². The Kier molecular flexibility index (Phi) is 2.93. The van der Waals surface area contributed by atoms with Gasteiger partial charge in [0.05, 0.1) is 0 Å². The molecule has 0 bridgehead atoms. The third-order valence-electron chi connectivity index (χ3n) is 3.67. The Morgan fingerprint density at radius 1 is 1.30 bits per heavy atom. The van der Waals surface area contributed by atoms with Gasteiger partial charge in [0.15, 0.2) is 0 Å². The lowest BCUT2D eigenvalue weighted by atomic mass is 10.0. The molecule has 0 aliphatic carbocycles. The summed E-state index contributed by atoms with van der Waals surface area (Å²) in [6, 6.07) is 5.05. The average Bonchev–Trinajstić information content (AvgIpc) is 2.68. The van der Waals surface area contributed by atoms with Gasteiger partial charge in [-0.3, -0.25) is 19.7 Å². The second-order valence-corrected chi connectivity index (χ2v) is 5.18. The number of benzene rings is 1. The predicted octanol–water partition coefficient (Wildman–Crippen LogP) is 0.489. The molecule has 2 N–H and O–H groups in total. The molecule has 6 nitrogen and oxygen atoms in total. The minimum atomic E-state index is -0.402. The van der Waals surface area contributed by atoms with Crippen LogP contribution < -0.4 is 10.6 Å². The highest BCUT2D eigenvalue weighted by Gasteiger charge is 2.28. The van der Waals surface area contributed by atoms with Gasteiger partial charge in [0.2, 0.25) is 11.8 Å². The van der Waals surface area contributed by atoms with Crippen LogP contribution in [-0.4, -0.2) is 35.7 Å². The minimum absolute atomic E-state index is 0.0209. The van der Waals surface area contributed by atoms with Crippen LogP contribution in [0.3, 0.4) is 0 Å². The van der Waals surface area contributed by atoms with Gasteiger partial charge in [-0.2, -0.15) is 0 Å². The van der Waals surface area contributed by atoms with E-state index in [0.29, 0.717) is 24.9 Å². The van der Waals surface area contributed by atoms with E-state index in [0.717, 1.165) is 11.3 Å². The predicted molar refractivity (Wildman–Crippen MR) is 72.0 cm³/mol. The average molecular weight is 273 g/mol. The molecule has 0 radical (unpaired) electrons. The monoisotopic (exact) mass is 273 g/mol. The van der Waals surface area contributed by atoms with E-state index >= 15 is 0 Å². The zero-order valence-corrected chi connectivity index (χ0v) is 11.1. The fourth-order valence-electron chi connectivity index (χ4n) is 2.59. The molecular formula is C14H15N3O3. The molecule has 1 aromatic rings. The van der Waals surface area contributed by atoms with Crippen molar-refractivity contribution in [1.82, 2.24) is 10.2 Å². The van der Waals surface area contributed by atoms with Gasteiger partial charge in [-0.05, 0) is 30.2 Å². The van der Waals surface area contributed by atoms with Crippen molar-refractivity contribution in [2.45, 2.75) is 25.4 Å². The van der Waals surface area contributed by atoms with E-state index in [1.54, 1.807) is 24.1 Å². The quantitative estimate of drug-likeness (QED) is 0.769. The van der Waals surface area contributed by atoms with E-state index in [-0.39, 0.29) is 17.7 Å². The summed E-state index contributed by atoms with van der Waals surface area (Å²) in [5.41, 5.74) is 2.46. The molecule has 1 fully saturated rings. The van der Waals surface area contributed by atoms with E-state index in [9.17, 15) is 14.4 Å². The third kappa shape index (κ3) is 2.13. The molecule has 3 amide bonds. The van der Waals surface area contributed by atoms with Gasteiger partial charge in [0.25, 0.3) is 5.91 Å². The molecule has 3 rings (SSSR count). The minimum Gasteiger partial charge on any atom is -0.374 e. The molecule has 2 aliphatic rings. The summed E-state index contributed by atoms with van der Waals surface area (Å²) in [5.74, 6) is -0.503. The van der Waals surface area contributed by atoms with E-state index in [1.807, 2.05) is 6.07 Å². The highest BCUT2D eigenvalue weighted by molar-refractivity contribution is 6.02. The lowest BCUT2D eigenvalue weighted by Gasteiger charge is -2.23. The fourth-order valence-corrected chi connectivity index (χ4v) is 2.59. The molecule has 1 aromatic carbocycles. The molecular weight excluding hydrogens is 258 g/mol. The number of piperidine rings is 1. The Labute approximate surface area is 116 Å². The van der Waals surface area contributed by atoms with E-state index < -0.39 is 6.04 Å². The first-order valence-electron chi connectivity index (χ1n) is 6.53. The van der Waals surface area contributed by atoms with Crippen molar-refractivity contribution < 1.29 is 14.4 Å². The number of imide groups is 1. The van der Waals surface area contributed by atoms with Crippen LogP contribution in [0.2, 0.25) is 0 Å². The Hall–Kier alpha value is -2.37. The highest BCUT2D eigenvalue weighted by atomic mass is 16.2. The third-order valence-corrected chi connectivity index (χ3v) is 3.67. The van der Waals surface area contributed by atoms with Gasteiger partial charge in [0.1, 0.15) is 6.04 Å². The summed E-state index contributed by atoms with van der Waals surface area (Å²) < 4.78 is 0. The van der Waals surface area contributed by atoms with Gasteiger partial charge in [-0.25, -0.2) is 0 Å². The zero-order valence-electron chi connectivity index (χ0n) is 11.1. The molecule has 2 aliphatic heterocycles. The maximum absolute atomic E-state index is 11.8. The number of nitrogens with zero attached hydrogens (tertiary/aromatic N) is 1. The van der Waals surface area contributed by atoms with Crippen LogP contribution in [0.1, 0.15) is 28.8 Å². The molecule has 0 spiro atoms. The number of rotatable bonds is 2. The van der Waals surface area contributed by atoms with Crippen molar-refractivity contribution in [1.29, 1.82) is 0 Å². The largest absolute Gasteiger partial charge is 0.374 e.